The first-order chi connectivity index (χ1) is 16.6. The van der Waals surface area contributed by atoms with Crippen molar-refractivity contribution < 1.29 is 14.3 Å². The Labute approximate surface area is 204 Å². The Morgan fingerprint density at radius 2 is 1.76 bits per heavy atom. The summed E-state index contributed by atoms with van der Waals surface area (Å²) in [5, 5.41) is 8.20. The van der Waals surface area contributed by atoms with E-state index in [9.17, 15) is 9.59 Å². The number of methoxy groups -OCH3 is 1. The smallest absolute Gasteiger partial charge is 0.246 e. The molecule has 0 spiro atoms. The van der Waals surface area contributed by atoms with E-state index in [1.54, 1.807) is 18.4 Å². The van der Waals surface area contributed by atoms with Gasteiger partial charge in [-0.25, -0.2) is 0 Å². The Bertz CT molecular complexity index is 1050. The lowest BCUT2D eigenvalue weighted by molar-refractivity contribution is -0.127. The van der Waals surface area contributed by atoms with E-state index in [2.05, 4.69) is 27.0 Å². The number of piperidine rings is 1. The van der Waals surface area contributed by atoms with E-state index in [0.717, 1.165) is 36.3 Å². The van der Waals surface area contributed by atoms with Crippen molar-refractivity contribution in [2.24, 2.45) is 5.92 Å². The molecule has 1 aliphatic rings. The zero-order chi connectivity index (χ0) is 23.8. The van der Waals surface area contributed by atoms with Crippen LogP contribution in [0.3, 0.4) is 0 Å². The average Bonchev–Trinajstić information content (AvgIpc) is 3.39. The molecule has 178 valence electrons. The number of rotatable bonds is 9. The van der Waals surface area contributed by atoms with E-state index >= 15 is 0 Å². The van der Waals surface area contributed by atoms with Crippen LogP contribution in [0, 0.1) is 5.92 Å². The highest BCUT2D eigenvalue weighted by atomic mass is 32.1. The molecule has 1 aromatic heterocycles. The molecule has 6 nitrogen and oxygen atoms in total. The fourth-order valence-electron chi connectivity index (χ4n) is 4.38. The first kappa shape index (κ1) is 24.0. The largest absolute Gasteiger partial charge is 0.497 e. The van der Waals surface area contributed by atoms with Gasteiger partial charge in [-0.05, 0) is 73.6 Å². The number of likely N-dealkylation sites (tertiary alicyclic amines) is 1. The van der Waals surface area contributed by atoms with Crippen LogP contribution in [-0.4, -0.2) is 43.5 Å². The van der Waals surface area contributed by atoms with Gasteiger partial charge in [0.05, 0.1) is 7.11 Å². The number of carbonyl (C=O) groups excluding carboxylic acids is 2. The number of hydrogen-bond acceptors (Lipinski definition) is 5. The second kappa shape index (κ2) is 11.8. The van der Waals surface area contributed by atoms with E-state index in [1.807, 2.05) is 60.7 Å². The topological polar surface area (TPSA) is 70.7 Å². The fraction of sp³-hybridized carbons (Fsp3) is 0.333. The summed E-state index contributed by atoms with van der Waals surface area (Å²) in [5.41, 5.74) is 1.68. The maximum Gasteiger partial charge on any atom is 0.246 e. The SMILES string of the molecule is COc1ccc(NC(=O)C(c2ccccc2)N2CCC(C(=O)NCCc3cccs3)CC2)cc1. The molecule has 0 aliphatic carbocycles. The van der Waals surface area contributed by atoms with Crippen LogP contribution in [0.15, 0.2) is 72.1 Å². The van der Waals surface area contributed by atoms with Gasteiger partial charge < -0.3 is 15.4 Å². The minimum Gasteiger partial charge on any atom is -0.497 e. The van der Waals surface area contributed by atoms with Gasteiger partial charge in [0.2, 0.25) is 11.8 Å². The minimum atomic E-state index is -0.411. The number of carbonyl (C=O) groups is 2. The summed E-state index contributed by atoms with van der Waals surface area (Å²) in [6.07, 6.45) is 2.35. The van der Waals surface area contributed by atoms with Gasteiger partial charge in [-0.15, -0.1) is 11.3 Å². The van der Waals surface area contributed by atoms with Crippen molar-refractivity contribution in [3.63, 3.8) is 0 Å². The summed E-state index contributed by atoms with van der Waals surface area (Å²) in [7, 11) is 1.62. The van der Waals surface area contributed by atoms with Crippen LogP contribution in [0.25, 0.3) is 0 Å². The van der Waals surface area contributed by atoms with Crippen molar-refractivity contribution >= 4 is 28.8 Å². The average molecular weight is 478 g/mol. The fourth-order valence-corrected chi connectivity index (χ4v) is 5.09. The lowest BCUT2D eigenvalue weighted by Crippen LogP contribution is -2.45. The number of hydrogen-bond donors (Lipinski definition) is 2. The molecule has 1 saturated heterocycles. The van der Waals surface area contributed by atoms with Gasteiger partial charge in [-0.3, -0.25) is 14.5 Å². The molecule has 2 aromatic carbocycles. The Morgan fingerprint density at radius 3 is 2.41 bits per heavy atom. The molecule has 0 saturated carbocycles. The number of amides is 2. The normalized spacial score (nSPS) is 15.4. The molecule has 1 atom stereocenters. The first-order valence-electron chi connectivity index (χ1n) is 11.7. The molecule has 1 unspecified atom stereocenters. The van der Waals surface area contributed by atoms with Gasteiger partial charge in [0.25, 0.3) is 0 Å². The van der Waals surface area contributed by atoms with Crippen molar-refractivity contribution in [2.75, 3.05) is 32.1 Å². The lowest BCUT2D eigenvalue weighted by atomic mass is 9.93. The van der Waals surface area contributed by atoms with E-state index < -0.39 is 6.04 Å². The van der Waals surface area contributed by atoms with E-state index in [4.69, 9.17) is 4.74 Å². The second-order valence-electron chi connectivity index (χ2n) is 8.46. The highest BCUT2D eigenvalue weighted by Gasteiger charge is 2.33. The summed E-state index contributed by atoms with van der Waals surface area (Å²) in [6.45, 7) is 2.05. The maximum absolute atomic E-state index is 13.4. The first-order valence-corrected chi connectivity index (χ1v) is 12.6. The van der Waals surface area contributed by atoms with Crippen LogP contribution in [0.5, 0.6) is 5.75 Å². The Morgan fingerprint density at radius 1 is 1.03 bits per heavy atom. The van der Waals surface area contributed by atoms with Crippen LogP contribution in [0.1, 0.15) is 29.3 Å². The van der Waals surface area contributed by atoms with Gasteiger partial charge in [-0.1, -0.05) is 36.4 Å². The van der Waals surface area contributed by atoms with Crippen LogP contribution < -0.4 is 15.4 Å². The van der Waals surface area contributed by atoms with E-state index in [1.165, 1.54) is 4.88 Å². The van der Waals surface area contributed by atoms with Crippen LogP contribution >= 0.6 is 11.3 Å². The predicted molar refractivity (Wildman–Crippen MR) is 136 cm³/mol. The van der Waals surface area contributed by atoms with Gasteiger partial charge >= 0.3 is 0 Å². The minimum absolute atomic E-state index is 0.0133. The standard InChI is InChI=1S/C27H31N3O3S/c1-33-23-11-9-22(10-12-23)29-27(32)25(20-6-3-2-4-7-20)30-17-14-21(15-18-30)26(31)28-16-13-24-8-5-19-34-24/h2-12,19,21,25H,13-18H2,1H3,(H,28,31)(H,29,32). The molecule has 3 aromatic rings. The molecule has 2 N–H and O–H groups in total. The summed E-state index contributed by atoms with van der Waals surface area (Å²) in [4.78, 5) is 29.5. The third kappa shape index (κ3) is 6.24. The second-order valence-corrected chi connectivity index (χ2v) is 9.49. The van der Waals surface area contributed by atoms with E-state index in [-0.39, 0.29) is 17.7 Å². The van der Waals surface area contributed by atoms with Crippen LogP contribution in [0.4, 0.5) is 5.69 Å². The molecule has 1 fully saturated rings. The number of nitrogens with one attached hydrogen (secondary N) is 2. The van der Waals surface area contributed by atoms with Crippen molar-refractivity contribution in [1.29, 1.82) is 0 Å². The Balaban J connectivity index is 1.36. The predicted octanol–water partition coefficient (Wildman–Crippen LogP) is 4.51. The number of benzene rings is 2. The molecule has 1 aliphatic heterocycles. The van der Waals surface area contributed by atoms with Gasteiger partial charge in [0.15, 0.2) is 0 Å². The quantitative estimate of drug-likeness (QED) is 0.476. The molecule has 7 heteroatoms. The Hall–Kier alpha value is -3.16. The number of nitrogens with zero attached hydrogens (tertiary/aromatic N) is 1. The van der Waals surface area contributed by atoms with Gasteiger partial charge in [-0.2, -0.15) is 0 Å². The molecule has 2 heterocycles. The van der Waals surface area contributed by atoms with Crippen LogP contribution in [0.2, 0.25) is 0 Å². The van der Waals surface area contributed by atoms with Crippen LogP contribution in [-0.2, 0) is 16.0 Å². The summed E-state index contributed by atoms with van der Waals surface area (Å²) < 4.78 is 5.21. The highest BCUT2D eigenvalue weighted by molar-refractivity contribution is 7.09. The lowest BCUT2D eigenvalue weighted by Gasteiger charge is -2.36. The number of ether oxygens (including phenoxy) is 1. The maximum atomic E-state index is 13.4. The zero-order valence-corrected chi connectivity index (χ0v) is 20.2. The van der Waals surface area contributed by atoms with Crippen molar-refractivity contribution in [1.82, 2.24) is 10.2 Å². The zero-order valence-electron chi connectivity index (χ0n) is 19.4. The monoisotopic (exact) mass is 477 g/mol. The summed E-state index contributed by atoms with van der Waals surface area (Å²) >= 11 is 1.71. The molecular formula is C27H31N3O3S. The summed E-state index contributed by atoms with van der Waals surface area (Å²) in [5.74, 6) is 0.777. The molecule has 0 bridgehead atoms. The molecular weight excluding hydrogens is 446 g/mol. The number of thiophene rings is 1. The third-order valence-corrected chi connectivity index (χ3v) is 7.17. The van der Waals surface area contributed by atoms with Crippen molar-refractivity contribution in [3.05, 3.63) is 82.6 Å². The molecule has 4 rings (SSSR count). The summed E-state index contributed by atoms with van der Waals surface area (Å²) in [6, 6.07) is 20.9. The van der Waals surface area contributed by atoms with Crippen molar-refractivity contribution in [2.45, 2.75) is 25.3 Å². The molecule has 0 radical (unpaired) electrons. The van der Waals surface area contributed by atoms with E-state index in [0.29, 0.717) is 19.6 Å². The van der Waals surface area contributed by atoms with Crippen molar-refractivity contribution in [3.8, 4) is 5.75 Å². The Kier molecular flexibility index (Phi) is 8.33. The molecule has 2 amide bonds. The third-order valence-electron chi connectivity index (χ3n) is 6.24. The number of anilines is 1. The highest BCUT2D eigenvalue weighted by Crippen LogP contribution is 2.29. The van der Waals surface area contributed by atoms with Gasteiger partial charge in [0, 0.05) is 23.0 Å². The molecule has 34 heavy (non-hydrogen) atoms. The van der Waals surface area contributed by atoms with Gasteiger partial charge in [0.1, 0.15) is 11.8 Å².